The zero-order chi connectivity index (χ0) is 16.2. The van der Waals surface area contributed by atoms with Gasteiger partial charge >= 0.3 is 0 Å². The van der Waals surface area contributed by atoms with Crippen LogP contribution in [0.25, 0.3) is 10.9 Å². The summed E-state index contributed by atoms with van der Waals surface area (Å²) in [6.07, 6.45) is 0.430. The van der Waals surface area contributed by atoms with Crippen molar-refractivity contribution in [1.82, 2.24) is 15.2 Å². The highest BCUT2D eigenvalue weighted by Gasteiger charge is 2.09. The molecular weight excluding hydrogens is 328 g/mol. The van der Waals surface area contributed by atoms with Gasteiger partial charge in [-0.05, 0) is 26.0 Å². The van der Waals surface area contributed by atoms with Gasteiger partial charge in [0.2, 0.25) is 5.91 Å². The monoisotopic (exact) mass is 344 g/mol. The van der Waals surface area contributed by atoms with E-state index >= 15 is 0 Å². The van der Waals surface area contributed by atoms with E-state index in [1.165, 1.54) is 0 Å². The first-order valence-corrected chi connectivity index (χ1v) is 9.01. The average molecular weight is 344 g/mol. The Morgan fingerprint density at radius 1 is 1.26 bits per heavy atom. The predicted octanol–water partition coefficient (Wildman–Crippen LogP) is 3.82. The van der Waals surface area contributed by atoms with Crippen LogP contribution < -0.4 is 5.32 Å². The molecular formula is C16H16N4OS2. The van der Waals surface area contributed by atoms with Crippen LogP contribution in [0.2, 0.25) is 0 Å². The van der Waals surface area contributed by atoms with Gasteiger partial charge in [0.1, 0.15) is 5.01 Å². The standard InChI is InChI=1S/C16H16N4OS2/c1-10-9-14(12-5-3-4-6-13(12)17-10)18-15(21)7-8-22-16-20-19-11(2)23-16/h3-6,9H,7-8H2,1-2H3,(H,17,18,21). The third-order valence-corrected chi connectivity index (χ3v) is 5.15. The Morgan fingerprint density at radius 2 is 2.09 bits per heavy atom. The van der Waals surface area contributed by atoms with Crippen molar-refractivity contribution >= 4 is 45.6 Å². The molecule has 0 atom stereocenters. The molecule has 2 aromatic heterocycles. The van der Waals surface area contributed by atoms with Gasteiger partial charge in [0.25, 0.3) is 0 Å². The van der Waals surface area contributed by atoms with Gasteiger partial charge in [-0.15, -0.1) is 10.2 Å². The zero-order valence-corrected chi connectivity index (χ0v) is 14.5. The van der Waals surface area contributed by atoms with Crippen molar-refractivity contribution in [3.63, 3.8) is 0 Å². The maximum absolute atomic E-state index is 12.2. The highest BCUT2D eigenvalue weighted by Crippen LogP contribution is 2.24. The second kappa shape index (κ2) is 7.06. The van der Waals surface area contributed by atoms with Crippen molar-refractivity contribution in [1.29, 1.82) is 0 Å². The summed E-state index contributed by atoms with van der Waals surface area (Å²) in [5, 5.41) is 12.9. The molecule has 3 rings (SSSR count). The number of aromatic nitrogens is 3. The number of carbonyl (C=O) groups excluding carboxylic acids is 1. The van der Waals surface area contributed by atoms with Gasteiger partial charge in [0, 0.05) is 23.3 Å². The molecule has 118 valence electrons. The van der Waals surface area contributed by atoms with Crippen molar-refractivity contribution in [2.45, 2.75) is 24.6 Å². The Bertz CT molecular complexity index is 847. The molecule has 0 unspecified atom stereocenters. The topological polar surface area (TPSA) is 67.8 Å². The lowest BCUT2D eigenvalue weighted by Gasteiger charge is -2.09. The van der Waals surface area contributed by atoms with E-state index < -0.39 is 0 Å². The SMILES string of the molecule is Cc1cc(NC(=O)CCSc2nnc(C)s2)c2ccccc2n1. The molecule has 0 aliphatic carbocycles. The first kappa shape index (κ1) is 15.9. The fraction of sp³-hybridized carbons (Fsp3) is 0.250. The molecule has 1 aromatic carbocycles. The van der Waals surface area contributed by atoms with Crippen molar-refractivity contribution in [3.8, 4) is 0 Å². The van der Waals surface area contributed by atoms with Gasteiger partial charge in [0.05, 0.1) is 11.2 Å². The molecule has 0 saturated carbocycles. The Morgan fingerprint density at radius 3 is 2.87 bits per heavy atom. The number of hydrogen-bond donors (Lipinski definition) is 1. The second-order valence-corrected chi connectivity index (χ2v) is 7.59. The van der Waals surface area contributed by atoms with Gasteiger partial charge in [-0.2, -0.15) is 0 Å². The average Bonchev–Trinajstić information content (AvgIpc) is 2.92. The lowest BCUT2D eigenvalue weighted by molar-refractivity contribution is -0.115. The van der Waals surface area contributed by atoms with Crippen molar-refractivity contribution in [2.75, 3.05) is 11.1 Å². The van der Waals surface area contributed by atoms with Crippen LogP contribution in [-0.4, -0.2) is 26.8 Å². The molecule has 0 radical (unpaired) electrons. The highest BCUT2D eigenvalue weighted by atomic mass is 32.2. The van der Waals surface area contributed by atoms with Crippen LogP contribution in [0.4, 0.5) is 5.69 Å². The molecule has 7 heteroatoms. The van der Waals surface area contributed by atoms with Crippen LogP contribution in [0.1, 0.15) is 17.1 Å². The smallest absolute Gasteiger partial charge is 0.225 e. The van der Waals surface area contributed by atoms with Crippen LogP contribution in [-0.2, 0) is 4.79 Å². The van der Waals surface area contributed by atoms with Gasteiger partial charge in [0.15, 0.2) is 4.34 Å². The van der Waals surface area contributed by atoms with E-state index in [2.05, 4.69) is 20.5 Å². The zero-order valence-electron chi connectivity index (χ0n) is 12.9. The molecule has 0 aliphatic rings. The number of aryl methyl sites for hydroxylation is 2. The number of thioether (sulfide) groups is 1. The maximum atomic E-state index is 12.2. The molecule has 23 heavy (non-hydrogen) atoms. The fourth-order valence-corrected chi connectivity index (χ4v) is 4.02. The van der Waals surface area contributed by atoms with Crippen LogP contribution in [0.3, 0.4) is 0 Å². The van der Waals surface area contributed by atoms with Crippen LogP contribution in [0, 0.1) is 13.8 Å². The number of benzene rings is 1. The number of amides is 1. The lowest BCUT2D eigenvalue weighted by Crippen LogP contribution is -2.12. The molecule has 1 N–H and O–H groups in total. The third-order valence-electron chi connectivity index (χ3n) is 3.18. The Kier molecular flexibility index (Phi) is 4.88. The summed E-state index contributed by atoms with van der Waals surface area (Å²) in [6, 6.07) is 9.72. The second-order valence-electron chi connectivity index (χ2n) is 5.06. The Balaban J connectivity index is 1.63. The van der Waals surface area contributed by atoms with E-state index in [0.717, 1.165) is 31.6 Å². The van der Waals surface area contributed by atoms with E-state index in [1.807, 2.05) is 44.2 Å². The molecule has 1 amide bonds. The first-order valence-electron chi connectivity index (χ1n) is 7.21. The molecule has 0 spiro atoms. The number of carbonyl (C=O) groups is 1. The first-order chi connectivity index (χ1) is 11.1. The summed E-state index contributed by atoms with van der Waals surface area (Å²) in [5.74, 6) is 0.678. The summed E-state index contributed by atoms with van der Waals surface area (Å²) in [5.41, 5.74) is 2.59. The van der Waals surface area contributed by atoms with Crippen molar-refractivity contribution < 1.29 is 4.79 Å². The molecule has 5 nitrogen and oxygen atoms in total. The van der Waals surface area contributed by atoms with E-state index in [-0.39, 0.29) is 5.91 Å². The molecule has 0 saturated heterocycles. The molecule has 0 bridgehead atoms. The summed E-state index contributed by atoms with van der Waals surface area (Å²) in [7, 11) is 0. The highest BCUT2D eigenvalue weighted by molar-refractivity contribution is 8.01. The van der Waals surface area contributed by atoms with Gasteiger partial charge < -0.3 is 5.32 Å². The molecule has 0 aliphatic heterocycles. The van der Waals surface area contributed by atoms with E-state index in [4.69, 9.17) is 0 Å². The van der Waals surface area contributed by atoms with Crippen LogP contribution in [0.5, 0.6) is 0 Å². The summed E-state index contributed by atoms with van der Waals surface area (Å²) in [4.78, 5) is 16.7. The van der Waals surface area contributed by atoms with Crippen molar-refractivity contribution in [2.24, 2.45) is 0 Å². The minimum atomic E-state index is -0.00510. The lowest BCUT2D eigenvalue weighted by atomic mass is 10.1. The number of hydrogen-bond acceptors (Lipinski definition) is 6. The van der Waals surface area contributed by atoms with Gasteiger partial charge in [-0.25, -0.2) is 0 Å². The minimum Gasteiger partial charge on any atom is -0.325 e. The minimum absolute atomic E-state index is 0.00510. The predicted molar refractivity (Wildman–Crippen MR) is 95.1 cm³/mol. The fourth-order valence-electron chi connectivity index (χ4n) is 2.19. The quantitative estimate of drug-likeness (QED) is 0.713. The number of anilines is 1. The molecule has 2 heterocycles. The largest absolute Gasteiger partial charge is 0.325 e. The summed E-state index contributed by atoms with van der Waals surface area (Å²) < 4.78 is 0.903. The third kappa shape index (κ3) is 4.05. The summed E-state index contributed by atoms with van der Waals surface area (Å²) in [6.45, 7) is 3.85. The summed E-state index contributed by atoms with van der Waals surface area (Å²) >= 11 is 3.11. The Labute approximate surface area is 142 Å². The van der Waals surface area contributed by atoms with Gasteiger partial charge in [-0.3, -0.25) is 9.78 Å². The number of para-hydroxylation sites is 1. The number of pyridine rings is 1. The van der Waals surface area contributed by atoms with Gasteiger partial charge in [-0.1, -0.05) is 41.3 Å². The molecule has 0 fully saturated rings. The normalized spacial score (nSPS) is 10.9. The number of rotatable bonds is 5. The number of nitrogens with zero attached hydrogens (tertiary/aromatic N) is 3. The number of fused-ring (bicyclic) bond motifs is 1. The van der Waals surface area contributed by atoms with E-state index in [0.29, 0.717) is 12.2 Å². The van der Waals surface area contributed by atoms with Crippen LogP contribution in [0.15, 0.2) is 34.7 Å². The number of nitrogens with one attached hydrogen (secondary N) is 1. The van der Waals surface area contributed by atoms with E-state index in [9.17, 15) is 4.79 Å². The maximum Gasteiger partial charge on any atom is 0.225 e. The van der Waals surface area contributed by atoms with Crippen molar-refractivity contribution in [3.05, 3.63) is 41.0 Å². The molecule has 3 aromatic rings. The van der Waals surface area contributed by atoms with Crippen LogP contribution >= 0.6 is 23.1 Å². The van der Waals surface area contributed by atoms with E-state index in [1.54, 1.807) is 23.1 Å². The Hall–Kier alpha value is -1.99.